The first kappa shape index (κ1) is 15.7. The second-order valence-electron chi connectivity index (χ2n) is 5.53. The smallest absolute Gasteiger partial charge is 0.254 e. The molecule has 0 aliphatic rings. The van der Waals surface area contributed by atoms with Gasteiger partial charge in [0.25, 0.3) is 5.91 Å². The lowest BCUT2D eigenvalue weighted by molar-refractivity contribution is 0.0702. The summed E-state index contributed by atoms with van der Waals surface area (Å²) in [6.07, 6.45) is -0.512. The van der Waals surface area contributed by atoms with Crippen molar-refractivity contribution in [1.29, 1.82) is 0 Å². The maximum Gasteiger partial charge on any atom is 0.254 e. The van der Waals surface area contributed by atoms with Gasteiger partial charge in [-0.3, -0.25) is 4.79 Å². The summed E-state index contributed by atoms with van der Waals surface area (Å²) >= 11 is 0. The van der Waals surface area contributed by atoms with Gasteiger partial charge in [0, 0.05) is 19.2 Å². The number of likely N-dealkylation sites (N-methyl/N-ethyl adjacent to an activating group) is 1. The van der Waals surface area contributed by atoms with Crippen LogP contribution in [-0.4, -0.2) is 35.6 Å². The monoisotopic (exact) mass is 263 g/mol. The van der Waals surface area contributed by atoms with Gasteiger partial charge in [0.15, 0.2) is 0 Å². The van der Waals surface area contributed by atoms with E-state index in [4.69, 9.17) is 0 Å². The molecule has 1 rings (SSSR count). The van der Waals surface area contributed by atoms with E-state index in [1.807, 2.05) is 13.8 Å². The van der Waals surface area contributed by atoms with E-state index >= 15 is 0 Å². The molecular formula is C16H25NO2. The van der Waals surface area contributed by atoms with E-state index < -0.39 is 6.10 Å². The third-order valence-electron chi connectivity index (χ3n) is 4.10. The van der Waals surface area contributed by atoms with Crippen LogP contribution in [0.4, 0.5) is 0 Å². The molecule has 0 aromatic heterocycles. The molecule has 1 atom stereocenters. The van der Waals surface area contributed by atoms with E-state index in [1.165, 1.54) is 16.7 Å². The molecule has 1 aromatic rings. The van der Waals surface area contributed by atoms with Gasteiger partial charge in [-0.05, 0) is 69.4 Å². The molecule has 0 spiro atoms. The average molecular weight is 263 g/mol. The van der Waals surface area contributed by atoms with E-state index in [0.717, 1.165) is 16.7 Å². The number of carbonyl (C=O) groups is 1. The molecule has 1 amide bonds. The maximum atomic E-state index is 12.6. The quantitative estimate of drug-likeness (QED) is 0.911. The molecule has 1 unspecified atom stereocenters. The van der Waals surface area contributed by atoms with Gasteiger partial charge in [-0.2, -0.15) is 0 Å². The van der Waals surface area contributed by atoms with Crippen molar-refractivity contribution in [1.82, 2.24) is 4.90 Å². The van der Waals surface area contributed by atoms with Crippen LogP contribution in [0.5, 0.6) is 0 Å². The first-order chi connectivity index (χ1) is 8.68. The molecule has 0 radical (unpaired) electrons. The van der Waals surface area contributed by atoms with E-state index in [9.17, 15) is 9.90 Å². The predicted molar refractivity (Wildman–Crippen MR) is 78.8 cm³/mol. The van der Waals surface area contributed by atoms with Crippen molar-refractivity contribution in [2.45, 2.75) is 47.6 Å². The minimum atomic E-state index is -0.512. The molecular weight excluding hydrogens is 238 g/mol. The van der Waals surface area contributed by atoms with E-state index in [2.05, 4.69) is 20.8 Å². The van der Waals surface area contributed by atoms with Crippen LogP contribution in [0, 0.1) is 34.6 Å². The summed E-state index contributed by atoms with van der Waals surface area (Å²) in [7, 11) is 1.73. The number of nitrogens with zero attached hydrogens (tertiary/aromatic N) is 1. The number of amides is 1. The molecule has 106 valence electrons. The lowest BCUT2D eigenvalue weighted by atomic mass is 9.89. The fraction of sp³-hybridized carbons (Fsp3) is 0.562. The normalized spacial score (nSPS) is 12.4. The summed E-state index contributed by atoms with van der Waals surface area (Å²) in [5.41, 5.74) is 6.48. The molecule has 1 N–H and O–H groups in total. The highest BCUT2D eigenvalue weighted by molar-refractivity contribution is 5.97. The molecule has 3 nitrogen and oxygen atoms in total. The largest absolute Gasteiger partial charge is 0.392 e. The Morgan fingerprint density at radius 3 is 1.74 bits per heavy atom. The van der Waals surface area contributed by atoms with Gasteiger partial charge in [-0.1, -0.05) is 0 Å². The van der Waals surface area contributed by atoms with Crippen LogP contribution in [0.3, 0.4) is 0 Å². The highest BCUT2D eigenvalue weighted by Crippen LogP contribution is 2.26. The summed E-state index contributed by atoms with van der Waals surface area (Å²) in [6, 6.07) is 0. The third kappa shape index (κ3) is 2.98. The fourth-order valence-corrected chi connectivity index (χ4v) is 2.49. The summed E-state index contributed by atoms with van der Waals surface area (Å²) in [6.45, 7) is 12.2. The number of hydrogen-bond acceptors (Lipinski definition) is 2. The van der Waals surface area contributed by atoms with Crippen LogP contribution in [0.2, 0.25) is 0 Å². The number of aliphatic hydroxyl groups excluding tert-OH is 1. The molecule has 0 aliphatic carbocycles. The van der Waals surface area contributed by atoms with E-state index in [0.29, 0.717) is 6.54 Å². The number of aliphatic hydroxyl groups is 1. The second kappa shape index (κ2) is 5.74. The Bertz CT molecular complexity index is 475. The number of benzene rings is 1. The van der Waals surface area contributed by atoms with Crippen LogP contribution in [0.1, 0.15) is 45.1 Å². The molecule has 0 bridgehead atoms. The zero-order chi connectivity index (χ0) is 14.9. The van der Waals surface area contributed by atoms with Gasteiger partial charge in [0.2, 0.25) is 0 Å². The van der Waals surface area contributed by atoms with Crippen LogP contribution >= 0.6 is 0 Å². The summed E-state index contributed by atoms with van der Waals surface area (Å²) in [5.74, 6) is -0.0119. The molecule has 0 fully saturated rings. The van der Waals surface area contributed by atoms with Gasteiger partial charge in [0.1, 0.15) is 0 Å². The Hall–Kier alpha value is -1.35. The zero-order valence-corrected chi connectivity index (χ0v) is 13.1. The summed E-state index contributed by atoms with van der Waals surface area (Å²) < 4.78 is 0. The van der Waals surface area contributed by atoms with Crippen LogP contribution < -0.4 is 0 Å². The minimum Gasteiger partial charge on any atom is -0.392 e. The van der Waals surface area contributed by atoms with Crippen molar-refractivity contribution in [3.05, 3.63) is 33.4 Å². The van der Waals surface area contributed by atoms with Crippen LogP contribution in [0.25, 0.3) is 0 Å². The van der Waals surface area contributed by atoms with Gasteiger partial charge < -0.3 is 10.0 Å². The standard InChI is InChI=1S/C16H25NO2/c1-9(18)8-17(7)16(19)15-13(5)11(3)10(2)12(4)14(15)6/h9,18H,8H2,1-7H3. The number of rotatable bonds is 3. The Morgan fingerprint density at radius 1 is 1.00 bits per heavy atom. The topological polar surface area (TPSA) is 40.5 Å². The van der Waals surface area contributed by atoms with E-state index in [1.54, 1.807) is 18.9 Å². The predicted octanol–water partition coefficient (Wildman–Crippen LogP) is 2.68. The highest BCUT2D eigenvalue weighted by Gasteiger charge is 2.21. The lowest BCUT2D eigenvalue weighted by Gasteiger charge is -2.24. The Kier molecular flexibility index (Phi) is 4.75. The third-order valence-corrected chi connectivity index (χ3v) is 4.10. The maximum absolute atomic E-state index is 12.6. The first-order valence-corrected chi connectivity index (χ1v) is 6.68. The molecule has 0 heterocycles. The molecule has 0 saturated heterocycles. The minimum absolute atomic E-state index is 0.0119. The van der Waals surface area contributed by atoms with Crippen molar-refractivity contribution < 1.29 is 9.90 Å². The van der Waals surface area contributed by atoms with Crippen molar-refractivity contribution in [3.63, 3.8) is 0 Å². The summed E-state index contributed by atoms with van der Waals surface area (Å²) in [5, 5.41) is 9.42. The molecule has 19 heavy (non-hydrogen) atoms. The number of hydrogen-bond donors (Lipinski definition) is 1. The van der Waals surface area contributed by atoms with Gasteiger partial charge >= 0.3 is 0 Å². The lowest BCUT2D eigenvalue weighted by Crippen LogP contribution is -2.34. The van der Waals surface area contributed by atoms with Gasteiger partial charge in [-0.15, -0.1) is 0 Å². The second-order valence-corrected chi connectivity index (χ2v) is 5.53. The Labute approximate surface area is 116 Å². The molecule has 0 saturated carbocycles. The first-order valence-electron chi connectivity index (χ1n) is 6.68. The van der Waals surface area contributed by atoms with Crippen molar-refractivity contribution >= 4 is 5.91 Å². The Morgan fingerprint density at radius 2 is 1.37 bits per heavy atom. The average Bonchev–Trinajstić information content (AvgIpc) is 2.33. The van der Waals surface area contributed by atoms with Gasteiger partial charge in [0.05, 0.1) is 6.10 Å². The fourth-order valence-electron chi connectivity index (χ4n) is 2.49. The van der Waals surface area contributed by atoms with Crippen LogP contribution in [-0.2, 0) is 0 Å². The molecule has 0 aliphatic heterocycles. The summed E-state index contributed by atoms with van der Waals surface area (Å²) in [4.78, 5) is 14.1. The highest BCUT2D eigenvalue weighted by atomic mass is 16.3. The molecule has 3 heteroatoms. The zero-order valence-electron chi connectivity index (χ0n) is 13.1. The van der Waals surface area contributed by atoms with E-state index in [-0.39, 0.29) is 5.91 Å². The SMILES string of the molecule is Cc1c(C)c(C)c(C(=O)N(C)CC(C)O)c(C)c1C. The van der Waals surface area contributed by atoms with Gasteiger partial charge in [-0.25, -0.2) is 0 Å². The van der Waals surface area contributed by atoms with Crippen LogP contribution in [0.15, 0.2) is 0 Å². The van der Waals surface area contributed by atoms with Crippen molar-refractivity contribution in [2.75, 3.05) is 13.6 Å². The number of carbonyl (C=O) groups excluding carboxylic acids is 1. The Balaban J connectivity index is 3.32. The van der Waals surface area contributed by atoms with Crippen molar-refractivity contribution in [2.24, 2.45) is 0 Å². The van der Waals surface area contributed by atoms with Crippen molar-refractivity contribution in [3.8, 4) is 0 Å². The molecule has 1 aromatic carbocycles.